The fourth-order valence-corrected chi connectivity index (χ4v) is 0.905. The molecule has 0 spiro atoms. The topological polar surface area (TPSA) is 37.3 Å². The fourth-order valence-electron chi connectivity index (χ4n) is 0.905. The molecule has 0 heterocycles. The highest BCUT2D eigenvalue weighted by molar-refractivity contribution is 5.66. The van der Waals surface area contributed by atoms with Gasteiger partial charge < -0.3 is 5.11 Å². The molecule has 2 nitrogen and oxygen atoms in total. The molecule has 1 N–H and O–H groups in total. The van der Waals surface area contributed by atoms with Crippen LogP contribution in [-0.2, 0) is 4.79 Å². The number of hydrogen-bond donors (Lipinski definition) is 1. The third-order valence-corrected chi connectivity index (χ3v) is 1.46. The molecule has 0 aliphatic heterocycles. The van der Waals surface area contributed by atoms with Gasteiger partial charge in [0.15, 0.2) is 0 Å². The van der Waals surface area contributed by atoms with Crippen molar-refractivity contribution in [2.24, 2.45) is 0 Å². The van der Waals surface area contributed by atoms with Crippen LogP contribution < -0.4 is 0 Å². The molecule has 0 aromatic heterocycles. The molecule has 0 aliphatic carbocycles. The van der Waals surface area contributed by atoms with Gasteiger partial charge in [-0.15, -0.1) is 0 Å². The Morgan fingerprint density at radius 1 is 1.15 bits per heavy atom. The maximum atomic E-state index is 9.91. The Bertz CT molecular complexity index is 338. The lowest BCUT2D eigenvalue weighted by Gasteiger charge is -1.92. The molecule has 0 amide bonds. The number of carbonyl (C=O) groups excluding carboxylic acids is 1. The number of allylic oxidation sites excluding steroid dienone is 3. The van der Waals surface area contributed by atoms with Crippen molar-refractivity contribution in [3.8, 4) is 5.75 Å². The predicted octanol–water partition coefficient (Wildman–Crippen LogP) is 2.16. The highest BCUT2D eigenvalue weighted by Crippen LogP contribution is 2.11. The molecule has 0 radical (unpaired) electrons. The van der Waals surface area contributed by atoms with E-state index in [1.54, 1.807) is 36.4 Å². The number of phenols is 1. The predicted molar refractivity (Wildman–Crippen MR) is 52.3 cm³/mol. The van der Waals surface area contributed by atoms with Gasteiger partial charge in [-0.1, -0.05) is 30.4 Å². The molecular formula is C11H10O2. The van der Waals surface area contributed by atoms with Crippen molar-refractivity contribution in [1.29, 1.82) is 0 Å². The zero-order valence-corrected chi connectivity index (χ0v) is 7.05. The number of hydrogen-bond acceptors (Lipinski definition) is 2. The Morgan fingerprint density at radius 3 is 2.69 bits per heavy atom. The van der Waals surface area contributed by atoms with Crippen LogP contribution in [0.1, 0.15) is 5.56 Å². The summed E-state index contributed by atoms with van der Waals surface area (Å²) in [6.07, 6.45) is 7.30. The van der Waals surface area contributed by atoms with E-state index in [1.165, 1.54) is 6.08 Å². The van der Waals surface area contributed by atoms with Crippen LogP contribution in [0.4, 0.5) is 0 Å². The summed E-state index contributed by atoms with van der Waals surface area (Å²) >= 11 is 0. The Morgan fingerprint density at radius 2 is 2.00 bits per heavy atom. The lowest BCUT2D eigenvalue weighted by molar-refractivity contribution is -0.104. The van der Waals surface area contributed by atoms with Crippen LogP contribution in [0.3, 0.4) is 0 Å². The lowest BCUT2D eigenvalue weighted by Crippen LogP contribution is -1.69. The third-order valence-electron chi connectivity index (χ3n) is 1.46. The molecule has 1 aromatic rings. The molecule has 66 valence electrons. The summed E-state index contributed by atoms with van der Waals surface area (Å²) in [6.45, 7) is 0. The van der Waals surface area contributed by atoms with Gasteiger partial charge in [0, 0.05) is 0 Å². The summed E-state index contributed by atoms with van der Waals surface area (Å²) in [4.78, 5) is 9.91. The molecule has 0 bridgehead atoms. The molecular weight excluding hydrogens is 164 g/mol. The van der Waals surface area contributed by atoms with Gasteiger partial charge in [-0.25, -0.2) is 0 Å². The van der Waals surface area contributed by atoms with E-state index < -0.39 is 0 Å². The zero-order chi connectivity index (χ0) is 9.52. The van der Waals surface area contributed by atoms with Gasteiger partial charge in [-0.3, -0.25) is 4.79 Å². The SMILES string of the molecule is O=C/C=C/C=C/c1cccc(O)c1. The highest BCUT2D eigenvalue weighted by Gasteiger charge is 1.86. The first kappa shape index (κ1) is 9.26. The number of rotatable bonds is 3. The van der Waals surface area contributed by atoms with Gasteiger partial charge in [0.25, 0.3) is 0 Å². The van der Waals surface area contributed by atoms with E-state index in [9.17, 15) is 4.79 Å². The van der Waals surface area contributed by atoms with Gasteiger partial charge in [0.2, 0.25) is 0 Å². The number of aromatic hydroxyl groups is 1. The van der Waals surface area contributed by atoms with Crippen molar-refractivity contribution >= 4 is 12.4 Å². The van der Waals surface area contributed by atoms with Gasteiger partial charge in [0.1, 0.15) is 12.0 Å². The second-order valence-corrected chi connectivity index (χ2v) is 2.48. The third kappa shape index (κ3) is 3.38. The van der Waals surface area contributed by atoms with Gasteiger partial charge in [-0.05, 0) is 23.8 Å². The van der Waals surface area contributed by atoms with Crippen molar-refractivity contribution in [2.75, 3.05) is 0 Å². The van der Waals surface area contributed by atoms with E-state index in [-0.39, 0.29) is 5.75 Å². The first-order chi connectivity index (χ1) is 6.33. The maximum absolute atomic E-state index is 9.91. The van der Waals surface area contributed by atoms with E-state index in [0.717, 1.165) is 5.56 Å². The highest BCUT2D eigenvalue weighted by atomic mass is 16.3. The molecule has 0 aliphatic rings. The van der Waals surface area contributed by atoms with E-state index in [4.69, 9.17) is 5.11 Å². The average molecular weight is 174 g/mol. The van der Waals surface area contributed by atoms with Crippen LogP contribution in [-0.4, -0.2) is 11.4 Å². The molecule has 1 aromatic carbocycles. The molecule has 0 saturated carbocycles. The van der Waals surface area contributed by atoms with E-state index >= 15 is 0 Å². The largest absolute Gasteiger partial charge is 0.508 e. The minimum absolute atomic E-state index is 0.238. The van der Waals surface area contributed by atoms with E-state index in [1.807, 2.05) is 6.07 Å². The monoisotopic (exact) mass is 174 g/mol. The lowest BCUT2D eigenvalue weighted by atomic mass is 10.2. The Hall–Kier alpha value is -1.83. The molecule has 0 atom stereocenters. The number of benzene rings is 1. The molecule has 2 heteroatoms. The first-order valence-electron chi connectivity index (χ1n) is 3.90. The molecule has 1 rings (SSSR count). The van der Waals surface area contributed by atoms with Crippen LogP contribution >= 0.6 is 0 Å². The summed E-state index contributed by atoms with van der Waals surface area (Å²) < 4.78 is 0. The number of aldehydes is 1. The zero-order valence-electron chi connectivity index (χ0n) is 7.05. The Labute approximate surface area is 76.8 Å². The smallest absolute Gasteiger partial charge is 0.142 e. The molecule has 0 unspecified atom stereocenters. The van der Waals surface area contributed by atoms with Crippen molar-refractivity contribution in [3.63, 3.8) is 0 Å². The molecule has 0 saturated heterocycles. The van der Waals surface area contributed by atoms with Crippen molar-refractivity contribution in [2.45, 2.75) is 0 Å². The normalized spacial score (nSPS) is 11.1. The first-order valence-corrected chi connectivity index (χ1v) is 3.90. The molecule has 13 heavy (non-hydrogen) atoms. The van der Waals surface area contributed by atoms with Crippen molar-refractivity contribution in [1.82, 2.24) is 0 Å². The second-order valence-electron chi connectivity index (χ2n) is 2.48. The number of carbonyl (C=O) groups is 1. The van der Waals surface area contributed by atoms with Gasteiger partial charge >= 0.3 is 0 Å². The summed E-state index contributed by atoms with van der Waals surface area (Å²) in [6, 6.07) is 6.88. The fraction of sp³-hybridized carbons (Fsp3) is 0. The quantitative estimate of drug-likeness (QED) is 0.433. The Kier molecular flexibility index (Phi) is 3.51. The Balaban J connectivity index is 2.68. The molecule has 0 fully saturated rings. The summed E-state index contributed by atoms with van der Waals surface area (Å²) in [5.41, 5.74) is 0.899. The summed E-state index contributed by atoms with van der Waals surface area (Å²) in [5, 5.41) is 9.11. The minimum atomic E-state index is 0.238. The van der Waals surface area contributed by atoms with Crippen molar-refractivity contribution in [3.05, 3.63) is 48.1 Å². The van der Waals surface area contributed by atoms with Crippen LogP contribution in [0.2, 0.25) is 0 Å². The summed E-state index contributed by atoms with van der Waals surface area (Å²) in [7, 11) is 0. The number of phenolic OH excluding ortho intramolecular Hbond substituents is 1. The van der Waals surface area contributed by atoms with Crippen LogP contribution in [0, 0.1) is 0 Å². The van der Waals surface area contributed by atoms with Gasteiger partial charge in [-0.2, -0.15) is 0 Å². The van der Waals surface area contributed by atoms with Crippen molar-refractivity contribution < 1.29 is 9.90 Å². The van der Waals surface area contributed by atoms with E-state index in [0.29, 0.717) is 6.29 Å². The maximum Gasteiger partial charge on any atom is 0.142 e. The second kappa shape index (κ2) is 4.93. The van der Waals surface area contributed by atoms with Crippen LogP contribution in [0.25, 0.3) is 6.08 Å². The average Bonchev–Trinajstić information content (AvgIpc) is 2.13. The standard InChI is InChI=1S/C11H10O2/c12-8-3-1-2-5-10-6-4-7-11(13)9-10/h1-9,13H/b3-1+,5-2+. The van der Waals surface area contributed by atoms with Crippen LogP contribution in [0.15, 0.2) is 42.5 Å². The van der Waals surface area contributed by atoms with Crippen LogP contribution in [0.5, 0.6) is 5.75 Å². The van der Waals surface area contributed by atoms with Gasteiger partial charge in [0.05, 0.1) is 0 Å². The summed E-state index contributed by atoms with van der Waals surface area (Å²) in [5.74, 6) is 0.238. The van der Waals surface area contributed by atoms with E-state index in [2.05, 4.69) is 0 Å². The minimum Gasteiger partial charge on any atom is -0.508 e.